The molecule has 2 aromatic rings. The predicted molar refractivity (Wildman–Crippen MR) is 108 cm³/mol. The average molecular weight is 378 g/mol. The molecule has 0 radical (unpaired) electrons. The van der Waals surface area contributed by atoms with E-state index in [1.54, 1.807) is 4.90 Å². The maximum absolute atomic E-state index is 12.6. The summed E-state index contributed by atoms with van der Waals surface area (Å²) < 4.78 is 0. The summed E-state index contributed by atoms with van der Waals surface area (Å²) >= 11 is 0. The van der Waals surface area contributed by atoms with Gasteiger partial charge in [0.1, 0.15) is 6.04 Å². The van der Waals surface area contributed by atoms with Crippen LogP contribution in [0.3, 0.4) is 0 Å². The minimum atomic E-state index is 0.0882. The lowest BCUT2D eigenvalue weighted by Gasteiger charge is -2.37. The summed E-state index contributed by atoms with van der Waals surface area (Å²) in [6.45, 7) is 4.27. The number of nitrogens with zero attached hydrogens (tertiary/aromatic N) is 2. The van der Waals surface area contributed by atoms with Gasteiger partial charge in [-0.2, -0.15) is 0 Å². The van der Waals surface area contributed by atoms with Gasteiger partial charge in [0.05, 0.1) is 32.7 Å². The molecule has 0 unspecified atom stereocenters. The van der Waals surface area contributed by atoms with Crippen molar-refractivity contribution in [1.29, 1.82) is 0 Å². The molecule has 0 saturated carbocycles. The molecule has 0 spiro atoms. The SMILES string of the molecule is O=C(CN1CCCC1=O)N1CC[NH+](C(c2ccccc2)c2ccccc2)CC1. The van der Waals surface area contributed by atoms with Crippen molar-refractivity contribution in [3.05, 3.63) is 71.8 Å². The largest absolute Gasteiger partial charge is 0.333 e. The van der Waals surface area contributed by atoms with Gasteiger partial charge in [-0.3, -0.25) is 9.59 Å². The van der Waals surface area contributed by atoms with Gasteiger partial charge in [0, 0.05) is 24.1 Å². The number of likely N-dealkylation sites (tertiary alicyclic amines) is 1. The van der Waals surface area contributed by atoms with Crippen molar-refractivity contribution in [2.45, 2.75) is 18.9 Å². The highest BCUT2D eigenvalue weighted by Gasteiger charge is 2.32. The minimum absolute atomic E-state index is 0.0882. The highest BCUT2D eigenvalue weighted by molar-refractivity contribution is 5.85. The lowest BCUT2D eigenvalue weighted by Crippen LogP contribution is -3.15. The monoisotopic (exact) mass is 378 g/mol. The Bertz CT molecular complexity index is 762. The summed E-state index contributed by atoms with van der Waals surface area (Å²) in [5, 5.41) is 0. The number of hydrogen-bond acceptors (Lipinski definition) is 2. The first-order chi connectivity index (χ1) is 13.7. The van der Waals surface area contributed by atoms with Gasteiger partial charge in [-0.05, 0) is 6.42 Å². The first-order valence-corrected chi connectivity index (χ1v) is 10.2. The van der Waals surface area contributed by atoms with E-state index in [2.05, 4.69) is 60.7 Å². The molecule has 0 aliphatic carbocycles. The van der Waals surface area contributed by atoms with Gasteiger partial charge in [0.2, 0.25) is 11.8 Å². The van der Waals surface area contributed by atoms with E-state index in [9.17, 15) is 9.59 Å². The summed E-state index contributed by atoms with van der Waals surface area (Å²) in [5.74, 6) is 0.205. The van der Waals surface area contributed by atoms with Gasteiger partial charge < -0.3 is 14.7 Å². The van der Waals surface area contributed by atoms with Crippen molar-refractivity contribution in [2.24, 2.45) is 0 Å². The summed E-state index contributed by atoms with van der Waals surface area (Å²) in [6, 6.07) is 21.5. The third-order valence-electron chi connectivity index (χ3n) is 5.93. The van der Waals surface area contributed by atoms with Gasteiger partial charge in [-0.1, -0.05) is 60.7 Å². The number of rotatable bonds is 5. The highest BCUT2D eigenvalue weighted by Crippen LogP contribution is 2.19. The Kier molecular flexibility index (Phi) is 5.72. The number of carbonyl (C=O) groups excluding carboxylic acids is 2. The van der Waals surface area contributed by atoms with E-state index in [1.165, 1.54) is 16.0 Å². The van der Waals surface area contributed by atoms with Gasteiger partial charge in [-0.25, -0.2) is 0 Å². The van der Waals surface area contributed by atoms with Gasteiger partial charge in [-0.15, -0.1) is 0 Å². The van der Waals surface area contributed by atoms with Crippen LogP contribution in [0, 0.1) is 0 Å². The average Bonchev–Trinajstić information content (AvgIpc) is 3.15. The topological polar surface area (TPSA) is 45.1 Å². The van der Waals surface area contributed by atoms with Crippen molar-refractivity contribution < 1.29 is 14.5 Å². The molecule has 28 heavy (non-hydrogen) atoms. The second kappa shape index (κ2) is 8.57. The van der Waals surface area contributed by atoms with Crippen LogP contribution in [-0.4, -0.2) is 60.9 Å². The molecule has 1 N–H and O–H groups in total. The van der Waals surface area contributed by atoms with E-state index in [4.69, 9.17) is 0 Å². The zero-order valence-electron chi connectivity index (χ0n) is 16.2. The summed E-state index contributed by atoms with van der Waals surface area (Å²) in [4.78, 5) is 29.6. The van der Waals surface area contributed by atoms with Crippen LogP contribution in [0.25, 0.3) is 0 Å². The Morgan fingerprint density at radius 2 is 1.46 bits per heavy atom. The van der Waals surface area contributed by atoms with Crippen LogP contribution in [0.1, 0.15) is 30.0 Å². The molecule has 0 atom stereocenters. The Morgan fingerprint density at radius 3 is 1.96 bits per heavy atom. The van der Waals surface area contributed by atoms with E-state index in [0.717, 1.165) is 39.1 Å². The van der Waals surface area contributed by atoms with Crippen LogP contribution in [0.2, 0.25) is 0 Å². The Morgan fingerprint density at radius 1 is 0.893 bits per heavy atom. The molecule has 5 nitrogen and oxygen atoms in total. The third-order valence-corrected chi connectivity index (χ3v) is 5.93. The predicted octanol–water partition coefficient (Wildman–Crippen LogP) is 1.13. The molecule has 4 rings (SSSR count). The Balaban J connectivity index is 1.43. The fourth-order valence-electron chi connectivity index (χ4n) is 4.42. The normalized spacial score (nSPS) is 18.1. The van der Waals surface area contributed by atoms with Crippen LogP contribution in [0.5, 0.6) is 0 Å². The molecule has 5 heteroatoms. The molecular formula is C23H28N3O2+. The number of amides is 2. The van der Waals surface area contributed by atoms with Crippen molar-refractivity contribution in [1.82, 2.24) is 9.80 Å². The van der Waals surface area contributed by atoms with Crippen molar-refractivity contribution in [3.63, 3.8) is 0 Å². The van der Waals surface area contributed by atoms with Crippen LogP contribution >= 0.6 is 0 Å². The second-order valence-electron chi connectivity index (χ2n) is 7.71. The van der Waals surface area contributed by atoms with Crippen LogP contribution in [0.15, 0.2) is 60.7 Å². The first-order valence-electron chi connectivity index (χ1n) is 10.2. The summed E-state index contributed by atoms with van der Waals surface area (Å²) in [6.07, 6.45) is 1.46. The molecule has 2 saturated heterocycles. The smallest absolute Gasteiger partial charge is 0.242 e. The highest BCUT2D eigenvalue weighted by atomic mass is 16.2. The number of quaternary nitrogens is 1. The lowest BCUT2D eigenvalue weighted by molar-refractivity contribution is -0.929. The molecule has 2 fully saturated rings. The van der Waals surface area contributed by atoms with E-state index in [-0.39, 0.29) is 24.4 Å². The zero-order chi connectivity index (χ0) is 19.3. The molecule has 2 heterocycles. The van der Waals surface area contributed by atoms with Crippen molar-refractivity contribution in [2.75, 3.05) is 39.3 Å². The van der Waals surface area contributed by atoms with Crippen LogP contribution < -0.4 is 4.90 Å². The molecule has 0 bridgehead atoms. The Labute approximate surface area is 166 Å². The van der Waals surface area contributed by atoms with Gasteiger partial charge in [0.25, 0.3) is 0 Å². The van der Waals surface area contributed by atoms with Crippen LogP contribution in [-0.2, 0) is 9.59 Å². The molecule has 2 aromatic carbocycles. The van der Waals surface area contributed by atoms with E-state index < -0.39 is 0 Å². The maximum Gasteiger partial charge on any atom is 0.242 e. The van der Waals surface area contributed by atoms with Crippen LogP contribution in [0.4, 0.5) is 0 Å². The maximum atomic E-state index is 12.6. The van der Waals surface area contributed by atoms with Gasteiger partial charge in [0.15, 0.2) is 0 Å². The first kappa shape index (κ1) is 18.7. The number of hydrogen-bond donors (Lipinski definition) is 1. The standard InChI is InChI=1S/C23H27N3O2/c27-21-12-7-13-26(21)18-22(28)24-14-16-25(17-15-24)23(19-8-3-1-4-9-19)20-10-5-2-6-11-20/h1-6,8-11,23H,7,12-18H2/p+1. The molecule has 2 aliphatic rings. The molecule has 2 amide bonds. The molecule has 0 aromatic heterocycles. The summed E-state index contributed by atoms with van der Waals surface area (Å²) in [5.41, 5.74) is 2.62. The fourth-order valence-corrected chi connectivity index (χ4v) is 4.42. The molecule has 2 aliphatic heterocycles. The third kappa shape index (κ3) is 4.09. The van der Waals surface area contributed by atoms with E-state index in [0.29, 0.717) is 6.42 Å². The van der Waals surface area contributed by atoms with Crippen molar-refractivity contribution in [3.8, 4) is 0 Å². The number of nitrogens with one attached hydrogen (secondary N) is 1. The van der Waals surface area contributed by atoms with E-state index >= 15 is 0 Å². The summed E-state index contributed by atoms with van der Waals surface area (Å²) in [7, 11) is 0. The number of benzene rings is 2. The number of carbonyl (C=O) groups is 2. The van der Waals surface area contributed by atoms with E-state index in [1.807, 2.05) is 4.90 Å². The fraction of sp³-hybridized carbons (Fsp3) is 0.391. The lowest BCUT2D eigenvalue weighted by atomic mass is 9.96. The minimum Gasteiger partial charge on any atom is -0.333 e. The zero-order valence-corrected chi connectivity index (χ0v) is 16.2. The Hall–Kier alpha value is -2.66. The number of piperazine rings is 1. The van der Waals surface area contributed by atoms with Gasteiger partial charge >= 0.3 is 0 Å². The molecular weight excluding hydrogens is 350 g/mol. The second-order valence-corrected chi connectivity index (χ2v) is 7.71. The quantitative estimate of drug-likeness (QED) is 0.848. The van der Waals surface area contributed by atoms with Crippen molar-refractivity contribution >= 4 is 11.8 Å². The molecule has 146 valence electrons.